The SMILES string of the molecule is CC(C)(C)C1CCN(S(=O)(=O)c2[nH]ncc2CN)CC1. The molecule has 1 saturated heterocycles. The summed E-state index contributed by atoms with van der Waals surface area (Å²) in [6.45, 7) is 7.93. The molecule has 0 saturated carbocycles. The number of aromatic nitrogens is 2. The predicted molar refractivity (Wildman–Crippen MR) is 77.4 cm³/mol. The largest absolute Gasteiger partial charge is 0.326 e. The second-order valence-corrected chi connectivity index (χ2v) is 8.35. The number of nitrogens with two attached hydrogens (primary N) is 1. The molecular formula is C13H24N4O2S. The lowest BCUT2D eigenvalue weighted by atomic mass is 9.76. The zero-order chi connectivity index (χ0) is 15.0. The molecule has 0 aromatic carbocycles. The van der Waals surface area contributed by atoms with Crippen LogP contribution in [0.4, 0.5) is 0 Å². The molecule has 7 heteroatoms. The lowest BCUT2D eigenvalue weighted by Crippen LogP contribution is -2.41. The van der Waals surface area contributed by atoms with Crippen molar-refractivity contribution in [3.8, 4) is 0 Å². The number of nitrogens with zero attached hydrogens (tertiary/aromatic N) is 2. The molecule has 2 heterocycles. The van der Waals surface area contributed by atoms with E-state index in [1.807, 2.05) is 0 Å². The molecule has 6 nitrogen and oxygen atoms in total. The summed E-state index contributed by atoms with van der Waals surface area (Å²) in [7, 11) is -3.50. The molecule has 0 radical (unpaired) electrons. The van der Waals surface area contributed by atoms with Gasteiger partial charge in [0, 0.05) is 25.2 Å². The van der Waals surface area contributed by atoms with Crippen molar-refractivity contribution in [2.45, 2.75) is 45.2 Å². The summed E-state index contributed by atoms with van der Waals surface area (Å²) in [5, 5.41) is 6.52. The van der Waals surface area contributed by atoms with E-state index >= 15 is 0 Å². The fraction of sp³-hybridized carbons (Fsp3) is 0.769. The molecule has 1 fully saturated rings. The molecule has 0 amide bonds. The molecule has 0 spiro atoms. The maximum Gasteiger partial charge on any atom is 0.260 e. The average Bonchev–Trinajstić information content (AvgIpc) is 2.87. The fourth-order valence-corrected chi connectivity index (χ4v) is 4.34. The smallest absolute Gasteiger partial charge is 0.260 e. The highest BCUT2D eigenvalue weighted by Crippen LogP contribution is 2.35. The van der Waals surface area contributed by atoms with Crippen LogP contribution in [0.2, 0.25) is 0 Å². The number of hydrogen-bond acceptors (Lipinski definition) is 4. The van der Waals surface area contributed by atoms with Gasteiger partial charge in [0.15, 0.2) is 5.03 Å². The molecule has 2 rings (SSSR count). The van der Waals surface area contributed by atoms with Crippen LogP contribution >= 0.6 is 0 Å². The Kier molecular flexibility index (Phi) is 4.22. The summed E-state index contributed by atoms with van der Waals surface area (Å²) in [6.07, 6.45) is 3.28. The summed E-state index contributed by atoms with van der Waals surface area (Å²) in [6, 6.07) is 0. The summed E-state index contributed by atoms with van der Waals surface area (Å²) in [5.41, 5.74) is 6.33. The van der Waals surface area contributed by atoms with Crippen LogP contribution in [0, 0.1) is 11.3 Å². The number of piperidine rings is 1. The van der Waals surface area contributed by atoms with Crippen LogP contribution in [-0.4, -0.2) is 36.0 Å². The molecule has 0 unspecified atom stereocenters. The van der Waals surface area contributed by atoms with Crippen LogP contribution in [0.25, 0.3) is 0 Å². The second-order valence-electron chi connectivity index (χ2n) is 6.47. The van der Waals surface area contributed by atoms with E-state index in [4.69, 9.17) is 5.73 Å². The van der Waals surface area contributed by atoms with Gasteiger partial charge in [0.25, 0.3) is 10.0 Å². The van der Waals surface area contributed by atoms with Gasteiger partial charge in [-0.15, -0.1) is 0 Å². The third-order valence-corrected chi connectivity index (χ3v) is 6.09. The lowest BCUT2D eigenvalue weighted by molar-refractivity contribution is 0.154. The highest BCUT2D eigenvalue weighted by Gasteiger charge is 2.35. The molecule has 1 aliphatic heterocycles. The molecule has 1 aromatic heterocycles. The first-order valence-electron chi connectivity index (χ1n) is 6.99. The van der Waals surface area contributed by atoms with E-state index < -0.39 is 10.0 Å². The summed E-state index contributed by atoms with van der Waals surface area (Å²) >= 11 is 0. The minimum Gasteiger partial charge on any atom is -0.326 e. The number of sulfonamides is 1. The van der Waals surface area contributed by atoms with Gasteiger partial charge >= 0.3 is 0 Å². The molecule has 0 bridgehead atoms. The van der Waals surface area contributed by atoms with Gasteiger partial charge in [0.05, 0.1) is 6.20 Å². The number of hydrogen-bond donors (Lipinski definition) is 2. The normalized spacial score (nSPS) is 19.4. The van der Waals surface area contributed by atoms with Gasteiger partial charge in [-0.05, 0) is 24.2 Å². The van der Waals surface area contributed by atoms with Gasteiger partial charge in [0.1, 0.15) is 0 Å². The Morgan fingerprint density at radius 1 is 1.40 bits per heavy atom. The molecular weight excluding hydrogens is 276 g/mol. The Bertz CT molecular complexity index is 551. The van der Waals surface area contributed by atoms with Gasteiger partial charge in [-0.1, -0.05) is 20.8 Å². The fourth-order valence-electron chi connectivity index (χ4n) is 2.76. The Balaban J connectivity index is 2.14. The molecule has 0 aliphatic carbocycles. The van der Waals surface area contributed by atoms with E-state index in [1.54, 1.807) is 4.31 Å². The van der Waals surface area contributed by atoms with Gasteiger partial charge in [-0.3, -0.25) is 5.10 Å². The number of H-pyrrole nitrogens is 1. The second kappa shape index (κ2) is 5.46. The molecule has 1 aliphatic rings. The van der Waals surface area contributed by atoms with Gasteiger partial charge < -0.3 is 5.73 Å². The lowest BCUT2D eigenvalue weighted by Gasteiger charge is -2.38. The first kappa shape index (κ1) is 15.5. The third kappa shape index (κ3) is 2.89. The van der Waals surface area contributed by atoms with Crippen LogP contribution < -0.4 is 5.73 Å². The van der Waals surface area contributed by atoms with Crippen LogP contribution in [0.1, 0.15) is 39.2 Å². The van der Waals surface area contributed by atoms with Crippen LogP contribution in [-0.2, 0) is 16.6 Å². The summed E-state index contributed by atoms with van der Waals surface area (Å²) in [5.74, 6) is 0.560. The standard InChI is InChI=1S/C13H24N4O2S/c1-13(2,3)11-4-6-17(7-5-11)20(18,19)12-10(8-14)9-15-16-12/h9,11H,4-8,14H2,1-3H3,(H,15,16). The molecule has 0 atom stereocenters. The monoisotopic (exact) mass is 300 g/mol. The van der Waals surface area contributed by atoms with E-state index in [9.17, 15) is 8.42 Å². The van der Waals surface area contributed by atoms with Crippen molar-refractivity contribution in [2.24, 2.45) is 17.1 Å². The van der Waals surface area contributed by atoms with E-state index in [0.29, 0.717) is 24.6 Å². The van der Waals surface area contributed by atoms with Crippen molar-refractivity contribution in [3.63, 3.8) is 0 Å². The maximum absolute atomic E-state index is 12.6. The van der Waals surface area contributed by atoms with E-state index in [-0.39, 0.29) is 17.0 Å². The van der Waals surface area contributed by atoms with Crippen LogP contribution in [0.3, 0.4) is 0 Å². The highest BCUT2D eigenvalue weighted by atomic mass is 32.2. The molecule has 3 N–H and O–H groups in total. The third-order valence-electron chi connectivity index (χ3n) is 4.17. The summed E-state index contributed by atoms with van der Waals surface area (Å²) < 4.78 is 26.7. The van der Waals surface area contributed by atoms with E-state index in [0.717, 1.165) is 12.8 Å². The molecule has 1 aromatic rings. The van der Waals surface area contributed by atoms with Crippen molar-refractivity contribution >= 4 is 10.0 Å². The first-order valence-corrected chi connectivity index (χ1v) is 8.43. The predicted octanol–water partition coefficient (Wildman–Crippen LogP) is 1.32. The number of rotatable bonds is 3. The van der Waals surface area contributed by atoms with Gasteiger partial charge in [-0.2, -0.15) is 9.40 Å². The number of aromatic amines is 1. The zero-order valence-corrected chi connectivity index (χ0v) is 13.2. The minimum absolute atomic E-state index is 0.147. The van der Waals surface area contributed by atoms with Crippen LogP contribution in [0.5, 0.6) is 0 Å². The van der Waals surface area contributed by atoms with Crippen molar-refractivity contribution < 1.29 is 8.42 Å². The van der Waals surface area contributed by atoms with Crippen LogP contribution in [0.15, 0.2) is 11.2 Å². The minimum atomic E-state index is -3.50. The van der Waals surface area contributed by atoms with Crippen molar-refractivity contribution in [1.82, 2.24) is 14.5 Å². The topological polar surface area (TPSA) is 92.1 Å². The van der Waals surface area contributed by atoms with Crippen molar-refractivity contribution in [1.29, 1.82) is 0 Å². The van der Waals surface area contributed by atoms with Crippen molar-refractivity contribution in [3.05, 3.63) is 11.8 Å². The average molecular weight is 300 g/mol. The molecule has 114 valence electrons. The Morgan fingerprint density at radius 3 is 2.50 bits per heavy atom. The number of nitrogens with one attached hydrogen (secondary N) is 1. The Morgan fingerprint density at radius 2 is 2.00 bits per heavy atom. The van der Waals surface area contributed by atoms with Crippen molar-refractivity contribution in [2.75, 3.05) is 13.1 Å². The van der Waals surface area contributed by atoms with E-state index in [1.165, 1.54) is 6.20 Å². The zero-order valence-electron chi connectivity index (χ0n) is 12.4. The molecule has 20 heavy (non-hydrogen) atoms. The highest BCUT2D eigenvalue weighted by molar-refractivity contribution is 7.89. The first-order chi connectivity index (χ1) is 9.26. The Hall–Kier alpha value is -0.920. The quantitative estimate of drug-likeness (QED) is 0.880. The van der Waals surface area contributed by atoms with Gasteiger partial charge in [-0.25, -0.2) is 8.42 Å². The maximum atomic E-state index is 12.6. The summed E-state index contributed by atoms with van der Waals surface area (Å²) in [4.78, 5) is 0. The van der Waals surface area contributed by atoms with Gasteiger partial charge in [0.2, 0.25) is 0 Å². The Labute approximate surface area is 120 Å². The van der Waals surface area contributed by atoms with E-state index in [2.05, 4.69) is 31.0 Å².